The second-order valence-corrected chi connectivity index (χ2v) is 17.6. The average molecular weight is 770 g/mol. The van der Waals surface area contributed by atoms with Crippen LogP contribution in [-0.4, -0.2) is 0 Å². The van der Waals surface area contributed by atoms with Gasteiger partial charge in [-0.3, -0.25) is 0 Å². The van der Waals surface area contributed by atoms with Gasteiger partial charge in [-0.25, -0.2) is 0 Å². The summed E-state index contributed by atoms with van der Waals surface area (Å²) in [7, 11) is 0. The van der Waals surface area contributed by atoms with Crippen molar-refractivity contribution in [3.63, 3.8) is 0 Å². The van der Waals surface area contributed by atoms with Crippen LogP contribution in [0.2, 0.25) is 0 Å². The second kappa shape index (κ2) is 13.0. The fourth-order valence-electron chi connectivity index (χ4n) is 9.89. The lowest BCUT2D eigenvalue weighted by Gasteiger charge is -2.27. The molecule has 0 radical (unpaired) electrons. The minimum atomic E-state index is -0.152. The normalized spacial score (nSPS) is 13.1. The SMILES string of the molecule is CC1(C)c2ccc(N(c3ccc(-c4cccc(-c5ccccc5)c4)cc3)c3ccc4c(c3)sc3ccccc34)cc2-c2cc3c4ccccc4c4ccccc4c3cc21. The molecular weight excluding hydrogens is 731 g/mol. The zero-order valence-corrected chi connectivity index (χ0v) is 33.7. The number of rotatable bonds is 5. The Morgan fingerprint density at radius 3 is 1.54 bits per heavy atom. The molecule has 1 aliphatic carbocycles. The Morgan fingerprint density at radius 2 is 0.831 bits per heavy atom. The molecule has 0 unspecified atom stereocenters. The molecule has 0 spiro atoms. The van der Waals surface area contributed by atoms with Crippen LogP contribution in [0.25, 0.3) is 85.9 Å². The molecule has 0 amide bonds. The van der Waals surface area contributed by atoms with Gasteiger partial charge >= 0.3 is 0 Å². The van der Waals surface area contributed by atoms with Crippen molar-refractivity contribution in [1.29, 1.82) is 0 Å². The number of nitrogens with zero attached hydrogens (tertiary/aromatic N) is 1. The molecule has 0 N–H and O–H groups in total. The van der Waals surface area contributed by atoms with E-state index in [1.165, 1.54) is 97.0 Å². The first-order valence-electron chi connectivity index (χ1n) is 20.5. The van der Waals surface area contributed by atoms with Crippen LogP contribution in [0.15, 0.2) is 200 Å². The lowest BCUT2D eigenvalue weighted by molar-refractivity contribution is 0.661. The van der Waals surface area contributed by atoms with Crippen LogP contribution in [0.4, 0.5) is 17.1 Å². The van der Waals surface area contributed by atoms with E-state index in [0.717, 1.165) is 17.1 Å². The molecule has 11 aromatic rings. The largest absolute Gasteiger partial charge is 0.310 e. The quantitative estimate of drug-likeness (QED) is 0.158. The molecule has 0 atom stereocenters. The fourth-order valence-corrected chi connectivity index (χ4v) is 11.0. The molecule has 0 saturated carbocycles. The molecule has 1 aromatic heterocycles. The molecule has 1 nitrogen and oxygen atoms in total. The van der Waals surface area contributed by atoms with Gasteiger partial charge in [0, 0.05) is 42.6 Å². The Kier molecular flexibility index (Phi) is 7.51. The number of benzene rings is 10. The van der Waals surface area contributed by atoms with E-state index in [4.69, 9.17) is 0 Å². The number of anilines is 3. The van der Waals surface area contributed by atoms with E-state index in [-0.39, 0.29) is 5.41 Å². The maximum Gasteiger partial charge on any atom is 0.0476 e. The Morgan fingerprint density at radius 1 is 0.322 bits per heavy atom. The summed E-state index contributed by atoms with van der Waals surface area (Å²) in [6, 6.07) is 74.4. The highest BCUT2D eigenvalue weighted by molar-refractivity contribution is 7.25. The molecule has 278 valence electrons. The Balaban J connectivity index is 1.03. The third kappa shape index (κ3) is 5.30. The van der Waals surface area contributed by atoms with Crippen molar-refractivity contribution in [2.75, 3.05) is 4.90 Å². The smallest absolute Gasteiger partial charge is 0.0476 e. The monoisotopic (exact) mass is 769 g/mol. The number of fused-ring (bicyclic) bond motifs is 12. The highest BCUT2D eigenvalue weighted by atomic mass is 32.1. The van der Waals surface area contributed by atoms with Gasteiger partial charge < -0.3 is 4.90 Å². The van der Waals surface area contributed by atoms with Crippen LogP contribution >= 0.6 is 11.3 Å². The summed E-state index contributed by atoms with van der Waals surface area (Å²) < 4.78 is 2.61. The molecule has 0 fully saturated rings. The number of hydrogen-bond donors (Lipinski definition) is 0. The molecule has 1 aliphatic rings. The van der Waals surface area contributed by atoms with Crippen molar-refractivity contribution in [2.45, 2.75) is 19.3 Å². The summed E-state index contributed by atoms with van der Waals surface area (Å²) >= 11 is 1.87. The van der Waals surface area contributed by atoms with Gasteiger partial charge in [0.2, 0.25) is 0 Å². The van der Waals surface area contributed by atoms with Gasteiger partial charge in [-0.05, 0) is 137 Å². The Bertz CT molecular complexity index is 3460. The first-order valence-corrected chi connectivity index (χ1v) is 21.3. The third-order valence-corrected chi connectivity index (χ3v) is 14.0. The van der Waals surface area contributed by atoms with E-state index < -0.39 is 0 Å². The van der Waals surface area contributed by atoms with Crippen LogP contribution < -0.4 is 4.90 Å². The zero-order chi connectivity index (χ0) is 39.2. The summed E-state index contributed by atoms with van der Waals surface area (Å²) in [5.41, 5.74) is 13.5. The number of hydrogen-bond acceptors (Lipinski definition) is 2. The van der Waals surface area contributed by atoms with Crippen molar-refractivity contribution in [2.24, 2.45) is 0 Å². The minimum absolute atomic E-state index is 0.152. The van der Waals surface area contributed by atoms with Crippen molar-refractivity contribution >= 4 is 80.9 Å². The summed E-state index contributed by atoms with van der Waals surface area (Å²) in [4.78, 5) is 2.45. The molecule has 0 saturated heterocycles. The predicted octanol–water partition coefficient (Wildman–Crippen LogP) is 16.6. The maximum absolute atomic E-state index is 2.50. The Labute approximate surface area is 348 Å². The van der Waals surface area contributed by atoms with Gasteiger partial charge in [0.15, 0.2) is 0 Å². The molecule has 12 rings (SSSR count). The van der Waals surface area contributed by atoms with Gasteiger partial charge in [-0.1, -0.05) is 153 Å². The topological polar surface area (TPSA) is 3.24 Å². The van der Waals surface area contributed by atoms with Gasteiger partial charge in [-0.15, -0.1) is 11.3 Å². The van der Waals surface area contributed by atoms with Crippen molar-refractivity contribution < 1.29 is 0 Å². The van der Waals surface area contributed by atoms with Crippen LogP contribution in [0.5, 0.6) is 0 Å². The average Bonchev–Trinajstić information content (AvgIpc) is 3.77. The molecular formula is C57H39NS. The van der Waals surface area contributed by atoms with Crippen LogP contribution in [0.3, 0.4) is 0 Å². The Hall–Kier alpha value is -7.00. The van der Waals surface area contributed by atoms with Crippen LogP contribution in [0.1, 0.15) is 25.0 Å². The van der Waals surface area contributed by atoms with E-state index in [1.54, 1.807) is 0 Å². The first kappa shape index (κ1) is 34.1. The van der Waals surface area contributed by atoms with E-state index in [2.05, 4.69) is 219 Å². The minimum Gasteiger partial charge on any atom is -0.310 e. The lowest BCUT2D eigenvalue weighted by atomic mass is 9.81. The predicted molar refractivity (Wildman–Crippen MR) is 255 cm³/mol. The van der Waals surface area contributed by atoms with Crippen LogP contribution in [0, 0.1) is 0 Å². The lowest BCUT2D eigenvalue weighted by Crippen LogP contribution is -2.15. The van der Waals surface area contributed by atoms with E-state index >= 15 is 0 Å². The van der Waals surface area contributed by atoms with Crippen LogP contribution in [-0.2, 0) is 5.41 Å². The van der Waals surface area contributed by atoms with E-state index in [9.17, 15) is 0 Å². The van der Waals surface area contributed by atoms with Crippen molar-refractivity contribution in [1.82, 2.24) is 0 Å². The molecule has 0 aliphatic heterocycles. The molecule has 1 heterocycles. The van der Waals surface area contributed by atoms with Crippen molar-refractivity contribution in [3.8, 4) is 33.4 Å². The van der Waals surface area contributed by atoms with E-state index in [0.29, 0.717) is 0 Å². The fraction of sp³-hybridized carbons (Fsp3) is 0.0526. The van der Waals surface area contributed by atoms with Gasteiger partial charge in [-0.2, -0.15) is 0 Å². The summed E-state index contributed by atoms with van der Waals surface area (Å²) in [5, 5.41) is 10.5. The first-order chi connectivity index (χ1) is 29.0. The van der Waals surface area contributed by atoms with Gasteiger partial charge in [0.1, 0.15) is 0 Å². The highest BCUT2D eigenvalue weighted by Crippen LogP contribution is 2.53. The van der Waals surface area contributed by atoms with Gasteiger partial charge in [0.05, 0.1) is 0 Å². The summed E-state index contributed by atoms with van der Waals surface area (Å²) in [5.74, 6) is 0. The second-order valence-electron chi connectivity index (χ2n) is 16.5. The van der Waals surface area contributed by atoms with Gasteiger partial charge in [0.25, 0.3) is 0 Å². The molecule has 2 heteroatoms. The zero-order valence-electron chi connectivity index (χ0n) is 32.9. The van der Waals surface area contributed by atoms with Crippen molar-refractivity contribution in [3.05, 3.63) is 211 Å². The maximum atomic E-state index is 2.50. The molecule has 59 heavy (non-hydrogen) atoms. The summed E-state index contributed by atoms with van der Waals surface area (Å²) in [6.07, 6.45) is 0. The van der Waals surface area contributed by atoms with E-state index in [1.807, 2.05) is 11.3 Å². The molecule has 0 bridgehead atoms. The number of thiophene rings is 1. The third-order valence-electron chi connectivity index (χ3n) is 12.8. The molecule has 10 aromatic carbocycles. The summed E-state index contributed by atoms with van der Waals surface area (Å²) in [6.45, 7) is 4.79. The highest BCUT2D eigenvalue weighted by Gasteiger charge is 2.36. The standard InChI is InChI=1S/C57H39NS/c1-57(2)53-30-28-41(32-51(53)52-34-49-45-19-8-6-17-43(45)44-18-7-9-20-46(44)50(49)35-54(52)57)58(42-27-29-48-47-21-10-11-22-55(47)59-56(48)33-42)40-25-23-37(24-26-40)39-16-12-15-38(31-39)36-13-4-3-5-14-36/h3-35H,1-2H3.